The molecule has 34 heavy (non-hydrogen) atoms. The van der Waals surface area contributed by atoms with Gasteiger partial charge in [-0.2, -0.15) is 5.10 Å². The second-order valence-electron chi connectivity index (χ2n) is 8.66. The molecule has 2 aliphatic rings. The maximum absolute atomic E-state index is 13.4. The fourth-order valence-corrected chi connectivity index (χ4v) is 4.35. The van der Waals surface area contributed by atoms with Gasteiger partial charge in [-0.15, -0.1) is 0 Å². The molecule has 2 amide bonds. The molecule has 1 aliphatic carbocycles. The molecule has 2 fully saturated rings. The first-order valence-electron chi connectivity index (χ1n) is 11.4. The second kappa shape index (κ2) is 9.09. The molecule has 2 N–H and O–H groups in total. The first kappa shape index (κ1) is 22.4. The Labute approximate surface area is 201 Å². The van der Waals surface area contributed by atoms with Gasteiger partial charge in [0.2, 0.25) is 5.82 Å². The maximum atomic E-state index is 13.4. The van der Waals surface area contributed by atoms with Crippen LogP contribution in [-0.4, -0.2) is 74.2 Å². The minimum atomic E-state index is -0.364. The number of hydrogen-bond acceptors (Lipinski definition) is 7. The standard InChI is InChI=1S/C23H26ClN7O3/c1-3-34-23(33)31-9-8-30(12-13(31)2)22(32)21-25-17-7-6-15(24)10-16(17)20(27-21)26-19-11-18(28-29-19)14-4-5-14/h6-7,10-11,13-14H,3-5,8-9,12H2,1-2H3,(H2,25,26,27,28,29)/t13-/m1/s1. The number of aromatic amines is 1. The van der Waals surface area contributed by atoms with Crippen molar-refractivity contribution in [3.05, 3.63) is 40.8 Å². The molecule has 0 unspecified atom stereocenters. The monoisotopic (exact) mass is 483 g/mol. The van der Waals surface area contributed by atoms with Crippen LogP contribution in [0.2, 0.25) is 5.02 Å². The smallest absolute Gasteiger partial charge is 0.410 e. The summed E-state index contributed by atoms with van der Waals surface area (Å²) in [7, 11) is 0. The topological polar surface area (TPSA) is 116 Å². The van der Waals surface area contributed by atoms with E-state index < -0.39 is 0 Å². The van der Waals surface area contributed by atoms with Crippen molar-refractivity contribution in [3.63, 3.8) is 0 Å². The normalized spacial score (nSPS) is 18.3. The Hall–Kier alpha value is -3.40. The summed E-state index contributed by atoms with van der Waals surface area (Å²) >= 11 is 6.23. The van der Waals surface area contributed by atoms with Gasteiger partial charge in [-0.25, -0.2) is 14.8 Å². The highest BCUT2D eigenvalue weighted by Crippen LogP contribution is 2.40. The summed E-state index contributed by atoms with van der Waals surface area (Å²) < 4.78 is 5.11. The van der Waals surface area contributed by atoms with E-state index in [1.165, 1.54) is 0 Å². The largest absolute Gasteiger partial charge is 0.450 e. The molecule has 3 heterocycles. The van der Waals surface area contributed by atoms with Gasteiger partial charge in [0, 0.05) is 53.8 Å². The molecular formula is C23H26ClN7O3. The van der Waals surface area contributed by atoms with Crippen molar-refractivity contribution in [2.75, 3.05) is 31.6 Å². The maximum Gasteiger partial charge on any atom is 0.410 e. The molecule has 1 saturated heterocycles. The van der Waals surface area contributed by atoms with Gasteiger partial charge < -0.3 is 19.9 Å². The number of anilines is 2. The molecule has 178 valence electrons. The quantitative estimate of drug-likeness (QED) is 0.564. The Morgan fingerprint density at radius 2 is 2.06 bits per heavy atom. The molecule has 1 saturated carbocycles. The Morgan fingerprint density at radius 3 is 2.79 bits per heavy atom. The van der Waals surface area contributed by atoms with Crippen LogP contribution in [0, 0.1) is 0 Å². The van der Waals surface area contributed by atoms with Crippen LogP contribution in [0.5, 0.6) is 0 Å². The third-order valence-corrected chi connectivity index (χ3v) is 6.36. The summed E-state index contributed by atoms with van der Waals surface area (Å²) in [6, 6.07) is 7.05. The van der Waals surface area contributed by atoms with Crippen LogP contribution < -0.4 is 5.32 Å². The van der Waals surface area contributed by atoms with E-state index in [9.17, 15) is 9.59 Å². The van der Waals surface area contributed by atoms with Gasteiger partial charge in [0.25, 0.3) is 5.91 Å². The van der Waals surface area contributed by atoms with Gasteiger partial charge in [0.15, 0.2) is 5.82 Å². The second-order valence-corrected chi connectivity index (χ2v) is 9.09. The van der Waals surface area contributed by atoms with Crippen LogP contribution in [0.15, 0.2) is 24.3 Å². The van der Waals surface area contributed by atoms with Gasteiger partial charge in [-0.05, 0) is 44.9 Å². The SMILES string of the molecule is CCOC(=O)N1CCN(C(=O)c2nc(Nc3cc(C4CC4)[nH]n3)c3cc(Cl)ccc3n2)C[C@H]1C. The van der Waals surface area contributed by atoms with Crippen LogP contribution in [0.25, 0.3) is 10.9 Å². The fraction of sp³-hybridized carbons (Fsp3) is 0.435. The number of fused-ring (bicyclic) bond motifs is 1. The number of carbonyl (C=O) groups is 2. The highest BCUT2D eigenvalue weighted by molar-refractivity contribution is 6.31. The number of aromatic nitrogens is 4. The number of nitrogens with zero attached hydrogens (tertiary/aromatic N) is 5. The van der Waals surface area contributed by atoms with E-state index in [-0.39, 0.29) is 23.9 Å². The Kier molecular flexibility index (Phi) is 5.99. The van der Waals surface area contributed by atoms with E-state index in [2.05, 4.69) is 25.5 Å². The number of piperazine rings is 1. The number of rotatable bonds is 5. The van der Waals surface area contributed by atoms with Crippen molar-refractivity contribution in [2.24, 2.45) is 0 Å². The molecule has 0 radical (unpaired) electrons. The third-order valence-electron chi connectivity index (χ3n) is 6.13. The molecular weight excluding hydrogens is 458 g/mol. The number of nitrogens with one attached hydrogen (secondary N) is 2. The summed E-state index contributed by atoms with van der Waals surface area (Å²) in [4.78, 5) is 37.9. The predicted molar refractivity (Wildman–Crippen MR) is 127 cm³/mol. The summed E-state index contributed by atoms with van der Waals surface area (Å²) in [6.07, 6.45) is 1.96. The average Bonchev–Trinajstić information content (AvgIpc) is 3.57. The van der Waals surface area contributed by atoms with E-state index >= 15 is 0 Å². The number of carbonyl (C=O) groups excluding carboxylic acids is 2. The predicted octanol–water partition coefficient (Wildman–Crippen LogP) is 3.93. The van der Waals surface area contributed by atoms with Gasteiger partial charge in [-0.1, -0.05) is 11.6 Å². The molecule has 2 aromatic heterocycles. The Morgan fingerprint density at radius 1 is 1.24 bits per heavy atom. The van der Waals surface area contributed by atoms with E-state index in [4.69, 9.17) is 16.3 Å². The van der Waals surface area contributed by atoms with Crippen LogP contribution in [0.3, 0.4) is 0 Å². The summed E-state index contributed by atoms with van der Waals surface area (Å²) in [5, 5.41) is 11.9. The zero-order valence-electron chi connectivity index (χ0n) is 19.0. The van der Waals surface area contributed by atoms with Crippen molar-refractivity contribution in [3.8, 4) is 0 Å². The summed E-state index contributed by atoms with van der Waals surface area (Å²) in [6.45, 7) is 5.10. The van der Waals surface area contributed by atoms with E-state index in [1.54, 1.807) is 34.9 Å². The lowest BCUT2D eigenvalue weighted by atomic mass is 10.2. The first-order valence-corrected chi connectivity index (χ1v) is 11.8. The van der Waals surface area contributed by atoms with Crippen LogP contribution in [-0.2, 0) is 4.74 Å². The highest BCUT2D eigenvalue weighted by atomic mass is 35.5. The minimum Gasteiger partial charge on any atom is -0.450 e. The van der Waals surface area contributed by atoms with Crippen molar-refractivity contribution in [1.82, 2.24) is 30.0 Å². The zero-order valence-corrected chi connectivity index (χ0v) is 19.8. The molecule has 1 aromatic carbocycles. The van der Waals surface area contributed by atoms with Gasteiger partial charge in [0.05, 0.1) is 12.1 Å². The van der Waals surface area contributed by atoms with Crippen LogP contribution in [0.4, 0.5) is 16.4 Å². The van der Waals surface area contributed by atoms with E-state index in [1.807, 2.05) is 13.0 Å². The lowest BCUT2D eigenvalue weighted by Gasteiger charge is -2.38. The molecule has 3 aromatic rings. The van der Waals surface area contributed by atoms with Gasteiger partial charge in [-0.3, -0.25) is 9.89 Å². The highest BCUT2D eigenvalue weighted by Gasteiger charge is 2.32. The summed E-state index contributed by atoms with van der Waals surface area (Å²) in [5.74, 6) is 1.40. The molecule has 1 atom stereocenters. The lowest BCUT2D eigenvalue weighted by molar-refractivity contribution is 0.0418. The molecule has 5 rings (SSSR count). The molecule has 0 spiro atoms. The molecule has 1 aliphatic heterocycles. The van der Waals surface area contributed by atoms with Crippen LogP contribution in [0.1, 0.15) is 48.9 Å². The minimum absolute atomic E-state index is 0.0760. The van der Waals surface area contributed by atoms with Gasteiger partial charge >= 0.3 is 6.09 Å². The first-order chi connectivity index (χ1) is 16.4. The molecule has 10 nitrogen and oxygen atoms in total. The number of H-pyrrole nitrogens is 1. The zero-order chi connectivity index (χ0) is 23.8. The average molecular weight is 484 g/mol. The number of hydrogen-bond donors (Lipinski definition) is 2. The number of benzene rings is 1. The van der Waals surface area contributed by atoms with Crippen molar-refractivity contribution >= 4 is 46.1 Å². The third kappa shape index (κ3) is 4.50. The van der Waals surface area contributed by atoms with Crippen molar-refractivity contribution in [2.45, 2.75) is 38.6 Å². The fourth-order valence-electron chi connectivity index (χ4n) is 4.18. The Bertz CT molecular complexity index is 1240. The number of amides is 2. The molecule has 11 heteroatoms. The van der Waals surface area contributed by atoms with Crippen molar-refractivity contribution in [1.29, 1.82) is 0 Å². The van der Waals surface area contributed by atoms with Crippen molar-refractivity contribution < 1.29 is 14.3 Å². The molecule has 0 bridgehead atoms. The van der Waals surface area contributed by atoms with Gasteiger partial charge in [0.1, 0.15) is 5.82 Å². The lowest BCUT2D eigenvalue weighted by Crippen LogP contribution is -2.55. The van der Waals surface area contributed by atoms with E-state index in [0.29, 0.717) is 59.7 Å². The Balaban J connectivity index is 1.41. The van der Waals surface area contributed by atoms with E-state index in [0.717, 1.165) is 18.5 Å². The number of halogens is 1. The van der Waals surface area contributed by atoms with Crippen LogP contribution >= 0.6 is 11.6 Å². The number of ether oxygens (including phenoxy) is 1. The summed E-state index contributed by atoms with van der Waals surface area (Å²) in [5.41, 5.74) is 1.69.